The number of hydrogen-bond acceptors (Lipinski definition) is 1. The summed E-state index contributed by atoms with van der Waals surface area (Å²) in [5, 5.41) is 16.0. The molecule has 0 bridgehead atoms. The van der Waals surface area contributed by atoms with E-state index in [1.165, 1.54) is 92.2 Å². The summed E-state index contributed by atoms with van der Waals surface area (Å²) in [6.07, 6.45) is 0. The molecule has 10 aromatic carbocycles. The SMILES string of the molecule is c1ccc2c(c1)nc1c3ccccc3c3ccc(-n4c5ccccc5c5ccc6c7ccccc7n(-c7ccc8c(c7)c7ccccc7c7[nH]c9ccccc9c87)c6c54)cc3n21. The van der Waals surface area contributed by atoms with Gasteiger partial charge in [0.1, 0.15) is 5.65 Å². The Balaban J connectivity index is 1.10. The van der Waals surface area contributed by atoms with Crippen LogP contribution in [0, 0.1) is 0 Å². The maximum atomic E-state index is 5.22. The highest BCUT2D eigenvalue weighted by atomic mass is 15.1. The molecule has 5 nitrogen and oxygen atoms in total. The number of fused-ring (bicyclic) bond motifs is 23. The van der Waals surface area contributed by atoms with Crippen molar-refractivity contribution in [1.82, 2.24) is 23.5 Å². The maximum Gasteiger partial charge on any atom is 0.146 e. The molecule has 15 rings (SSSR count). The number of pyridine rings is 1. The number of benzene rings is 10. The summed E-state index contributed by atoms with van der Waals surface area (Å²) < 4.78 is 7.39. The van der Waals surface area contributed by atoms with Crippen molar-refractivity contribution in [3.63, 3.8) is 0 Å². The first-order valence-corrected chi connectivity index (χ1v) is 21.3. The van der Waals surface area contributed by atoms with Crippen LogP contribution in [0.1, 0.15) is 0 Å². The summed E-state index contributed by atoms with van der Waals surface area (Å²) in [5.74, 6) is 0. The third-order valence-corrected chi connectivity index (χ3v) is 13.7. The normalized spacial score (nSPS) is 12.5. The molecule has 0 amide bonds. The van der Waals surface area contributed by atoms with E-state index in [1.807, 2.05) is 0 Å². The van der Waals surface area contributed by atoms with Gasteiger partial charge < -0.3 is 14.1 Å². The van der Waals surface area contributed by atoms with E-state index in [0.717, 1.165) is 44.5 Å². The van der Waals surface area contributed by atoms with E-state index >= 15 is 0 Å². The number of nitrogens with zero attached hydrogens (tertiary/aromatic N) is 4. The largest absolute Gasteiger partial charge is 0.354 e. The number of nitrogens with one attached hydrogen (secondary N) is 1. The van der Waals surface area contributed by atoms with E-state index in [9.17, 15) is 0 Å². The maximum absolute atomic E-state index is 5.22. The topological polar surface area (TPSA) is 43.0 Å². The standard InChI is InChI=1S/C57H33N5/c1-3-17-41-36(14-1)46-31-33(26-28-40(46)53-45-19-5-8-20-47(45)58-54(41)53)60-49-22-10-6-15-37(49)42-29-30-43-38-16-7-11-23-50(38)61(56(43)55(42)60)34-25-27-39-35-13-2-4-18-44(35)57-59-48-21-9-12-24-51(48)62(57)52(39)32-34/h1-32,58H. The number of imidazole rings is 1. The van der Waals surface area contributed by atoms with Crippen molar-refractivity contribution in [3.8, 4) is 11.4 Å². The van der Waals surface area contributed by atoms with E-state index in [0.29, 0.717) is 0 Å². The van der Waals surface area contributed by atoms with Gasteiger partial charge in [-0.15, -0.1) is 0 Å². The van der Waals surface area contributed by atoms with Gasteiger partial charge in [0.15, 0.2) is 0 Å². The second-order valence-electron chi connectivity index (χ2n) is 16.8. The second kappa shape index (κ2) is 11.7. The summed E-state index contributed by atoms with van der Waals surface area (Å²) in [5.41, 5.74) is 13.5. The fraction of sp³-hybridized carbons (Fsp3) is 0. The summed E-state index contributed by atoms with van der Waals surface area (Å²) >= 11 is 0. The van der Waals surface area contributed by atoms with Crippen molar-refractivity contribution in [2.75, 3.05) is 0 Å². The van der Waals surface area contributed by atoms with Crippen molar-refractivity contribution >= 4 is 125 Å². The minimum atomic E-state index is 0.977. The molecule has 0 radical (unpaired) electrons. The first-order chi connectivity index (χ1) is 30.8. The predicted octanol–water partition coefficient (Wildman–Crippen LogP) is 14.9. The van der Waals surface area contributed by atoms with Crippen molar-refractivity contribution in [2.24, 2.45) is 0 Å². The molecule has 0 aliphatic carbocycles. The lowest BCUT2D eigenvalue weighted by atomic mass is 9.96. The van der Waals surface area contributed by atoms with Crippen LogP contribution in [0.3, 0.4) is 0 Å². The molecule has 0 fully saturated rings. The van der Waals surface area contributed by atoms with E-state index in [-0.39, 0.29) is 0 Å². The summed E-state index contributed by atoms with van der Waals surface area (Å²) in [6.45, 7) is 0. The first kappa shape index (κ1) is 32.4. The molecule has 0 atom stereocenters. The van der Waals surface area contributed by atoms with Crippen LogP contribution in [0.4, 0.5) is 0 Å². The Kier molecular flexibility index (Phi) is 6.10. The van der Waals surface area contributed by atoms with Crippen LogP contribution >= 0.6 is 0 Å². The number of para-hydroxylation sites is 5. The average molecular weight is 788 g/mol. The molecule has 5 heteroatoms. The molecule has 5 heterocycles. The minimum absolute atomic E-state index is 0.977. The molecule has 5 aromatic heterocycles. The van der Waals surface area contributed by atoms with Crippen LogP contribution in [-0.4, -0.2) is 23.5 Å². The molecule has 0 unspecified atom stereocenters. The van der Waals surface area contributed by atoms with Gasteiger partial charge in [-0.3, -0.25) is 4.40 Å². The Labute approximate surface area is 352 Å². The summed E-state index contributed by atoms with van der Waals surface area (Å²) in [6, 6.07) is 71.3. The minimum Gasteiger partial charge on any atom is -0.354 e. The number of rotatable bonds is 2. The van der Waals surface area contributed by atoms with Gasteiger partial charge in [0.2, 0.25) is 0 Å². The fourth-order valence-corrected chi connectivity index (χ4v) is 11.1. The van der Waals surface area contributed by atoms with Gasteiger partial charge in [0.05, 0.1) is 44.1 Å². The Bertz CT molecular complexity index is 4460. The van der Waals surface area contributed by atoms with Crippen LogP contribution in [0.15, 0.2) is 194 Å². The molecule has 0 aliphatic heterocycles. The molecule has 0 spiro atoms. The lowest BCUT2D eigenvalue weighted by molar-refractivity contribution is 1.15. The molecule has 15 aromatic rings. The smallest absolute Gasteiger partial charge is 0.146 e. The van der Waals surface area contributed by atoms with Crippen LogP contribution in [0.2, 0.25) is 0 Å². The molecular formula is C57H33N5. The van der Waals surface area contributed by atoms with Gasteiger partial charge in [-0.25, -0.2) is 4.98 Å². The molecule has 62 heavy (non-hydrogen) atoms. The quantitative estimate of drug-likeness (QED) is 0.174. The molecular weight excluding hydrogens is 755 g/mol. The van der Waals surface area contributed by atoms with Crippen molar-refractivity contribution < 1.29 is 0 Å². The van der Waals surface area contributed by atoms with Crippen LogP contribution < -0.4 is 0 Å². The van der Waals surface area contributed by atoms with Gasteiger partial charge in [0.25, 0.3) is 0 Å². The van der Waals surface area contributed by atoms with E-state index < -0.39 is 0 Å². The Morgan fingerprint density at radius 2 is 0.839 bits per heavy atom. The van der Waals surface area contributed by atoms with Gasteiger partial charge in [-0.2, -0.15) is 0 Å². The third kappa shape index (κ3) is 4.05. The summed E-state index contributed by atoms with van der Waals surface area (Å²) in [4.78, 5) is 9.00. The van der Waals surface area contributed by atoms with Gasteiger partial charge in [-0.1, -0.05) is 140 Å². The first-order valence-electron chi connectivity index (χ1n) is 21.3. The van der Waals surface area contributed by atoms with Crippen LogP contribution in [0.25, 0.3) is 137 Å². The molecule has 0 aliphatic rings. The number of aromatic amines is 1. The van der Waals surface area contributed by atoms with E-state index in [1.54, 1.807) is 0 Å². The highest BCUT2D eigenvalue weighted by molar-refractivity contribution is 6.32. The van der Waals surface area contributed by atoms with Gasteiger partial charge >= 0.3 is 0 Å². The Hall–Kier alpha value is -8.41. The number of aromatic nitrogens is 5. The molecule has 1 N–H and O–H groups in total. The zero-order valence-corrected chi connectivity index (χ0v) is 33.3. The van der Waals surface area contributed by atoms with Crippen LogP contribution in [-0.2, 0) is 0 Å². The average Bonchev–Trinajstić information content (AvgIpc) is 4.10. The summed E-state index contributed by atoms with van der Waals surface area (Å²) in [7, 11) is 0. The Morgan fingerprint density at radius 1 is 0.339 bits per heavy atom. The van der Waals surface area contributed by atoms with Crippen molar-refractivity contribution in [3.05, 3.63) is 194 Å². The predicted molar refractivity (Wildman–Crippen MR) is 261 cm³/mol. The van der Waals surface area contributed by atoms with Gasteiger partial charge in [0, 0.05) is 65.4 Å². The van der Waals surface area contributed by atoms with Crippen molar-refractivity contribution in [2.45, 2.75) is 0 Å². The Morgan fingerprint density at radius 3 is 1.55 bits per heavy atom. The molecule has 0 saturated carbocycles. The van der Waals surface area contributed by atoms with E-state index in [4.69, 9.17) is 4.98 Å². The van der Waals surface area contributed by atoms with Gasteiger partial charge in [-0.05, 0) is 76.1 Å². The monoisotopic (exact) mass is 787 g/mol. The van der Waals surface area contributed by atoms with E-state index in [2.05, 4.69) is 213 Å². The number of hydrogen-bond donors (Lipinski definition) is 1. The molecule has 0 saturated heterocycles. The highest BCUT2D eigenvalue weighted by Crippen LogP contribution is 2.45. The zero-order valence-electron chi connectivity index (χ0n) is 33.3. The second-order valence-corrected chi connectivity index (χ2v) is 16.8. The highest BCUT2D eigenvalue weighted by Gasteiger charge is 2.23. The molecule has 286 valence electrons. The lowest BCUT2D eigenvalue weighted by Crippen LogP contribution is -2.00. The zero-order chi connectivity index (χ0) is 40.2. The lowest BCUT2D eigenvalue weighted by Gasteiger charge is -2.15. The van der Waals surface area contributed by atoms with Crippen molar-refractivity contribution in [1.29, 1.82) is 0 Å². The fourth-order valence-electron chi connectivity index (χ4n) is 11.1. The number of H-pyrrole nitrogens is 1. The van der Waals surface area contributed by atoms with Crippen LogP contribution in [0.5, 0.6) is 0 Å². The third-order valence-electron chi connectivity index (χ3n) is 13.7.